The van der Waals surface area contributed by atoms with Crippen molar-refractivity contribution < 1.29 is 24.0 Å². The van der Waals surface area contributed by atoms with Crippen LogP contribution in [-0.4, -0.2) is 30.5 Å². The zero-order valence-electron chi connectivity index (χ0n) is 18.9. The molecule has 7 nitrogen and oxygen atoms in total. The Morgan fingerprint density at radius 2 is 1.56 bits per heavy atom. The monoisotopic (exact) mass is 456 g/mol. The maximum Gasteiger partial charge on any atom is 0.338 e. The molecule has 0 saturated carbocycles. The van der Waals surface area contributed by atoms with Crippen LogP contribution >= 0.6 is 0 Å². The molecule has 0 N–H and O–H groups in total. The average Bonchev–Trinajstić information content (AvgIpc) is 3.36. The lowest BCUT2D eigenvalue weighted by atomic mass is 9.90. The van der Waals surface area contributed by atoms with Gasteiger partial charge in [0, 0.05) is 0 Å². The molecule has 0 bridgehead atoms. The zero-order chi connectivity index (χ0) is 23.8. The van der Waals surface area contributed by atoms with Crippen LogP contribution in [-0.2, 0) is 19.2 Å². The molecule has 3 atom stereocenters. The third-order valence-corrected chi connectivity index (χ3v) is 6.18. The Hall–Kier alpha value is -3.97. The van der Waals surface area contributed by atoms with Gasteiger partial charge in [-0.1, -0.05) is 48.0 Å². The first-order chi connectivity index (χ1) is 16.5. The maximum atomic E-state index is 13.7. The Morgan fingerprint density at radius 1 is 0.882 bits per heavy atom. The van der Waals surface area contributed by atoms with Crippen molar-refractivity contribution in [3.8, 4) is 0 Å². The summed E-state index contributed by atoms with van der Waals surface area (Å²) in [6, 6.07) is 23.2. The van der Waals surface area contributed by atoms with E-state index in [0.29, 0.717) is 11.3 Å². The van der Waals surface area contributed by atoms with Crippen molar-refractivity contribution in [1.29, 1.82) is 0 Å². The number of hydroxylamine groups is 1. The third-order valence-electron chi connectivity index (χ3n) is 6.18. The molecule has 2 heterocycles. The lowest BCUT2D eigenvalue weighted by Crippen LogP contribution is -2.37. The molecular formula is C27H24N2O5. The summed E-state index contributed by atoms with van der Waals surface area (Å²) >= 11 is 0. The second kappa shape index (κ2) is 8.76. The van der Waals surface area contributed by atoms with Crippen molar-refractivity contribution in [2.45, 2.75) is 26.0 Å². The second-order valence-electron chi connectivity index (χ2n) is 8.35. The molecule has 5 rings (SSSR count). The van der Waals surface area contributed by atoms with E-state index in [1.165, 1.54) is 0 Å². The highest BCUT2D eigenvalue weighted by molar-refractivity contribution is 6.24. The number of nitrogens with zero attached hydrogens (tertiary/aromatic N) is 2. The fourth-order valence-electron chi connectivity index (χ4n) is 4.53. The Balaban J connectivity index is 1.50. The van der Waals surface area contributed by atoms with Gasteiger partial charge in [-0.2, -0.15) is 0 Å². The number of ether oxygens (including phenoxy) is 1. The molecule has 3 aromatic carbocycles. The number of benzene rings is 3. The molecule has 0 spiro atoms. The molecular weight excluding hydrogens is 432 g/mol. The quantitative estimate of drug-likeness (QED) is 0.423. The molecule has 2 saturated heterocycles. The fraction of sp³-hybridized carbons (Fsp3) is 0.222. The normalized spacial score (nSPS) is 21.6. The summed E-state index contributed by atoms with van der Waals surface area (Å²) in [4.78, 5) is 46.3. The smallest absolute Gasteiger partial charge is 0.338 e. The minimum Gasteiger partial charge on any atom is -0.462 e. The minimum atomic E-state index is -0.941. The number of fused-ring (bicyclic) bond motifs is 1. The maximum absolute atomic E-state index is 13.7. The predicted octanol–water partition coefficient (Wildman–Crippen LogP) is 4.22. The molecule has 0 aromatic heterocycles. The standard InChI is InChI=1S/C27H24N2O5/c1-3-33-27(32)19-13-15-20(16-14-19)28-25(30)22-23(18-11-9-17(2)10-12-18)29(34-24(22)26(28)31)21-7-5-4-6-8-21/h4-16,22-24H,3H2,1-2H3/t22-,23+,24+/m0/s1. The molecule has 0 unspecified atom stereocenters. The van der Waals surface area contributed by atoms with Crippen LogP contribution in [0.4, 0.5) is 11.4 Å². The highest BCUT2D eigenvalue weighted by Crippen LogP contribution is 2.47. The molecule has 2 aliphatic heterocycles. The Labute approximate surface area is 197 Å². The van der Waals surface area contributed by atoms with E-state index in [-0.39, 0.29) is 12.5 Å². The first-order valence-corrected chi connectivity index (χ1v) is 11.2. The summed E-state index contributed by atoms with van der Waals surface area (Å²) in [7, 11) is 0. The molecule has 0 aliphatic carbocycles. The van der Waals surface area contributed by atoms with E-state index >= 15 is 0 Å². The molecule has 2 amide bonds. The largest absolute Gasteiger partial charge is 0.462 e. The van der Waals surface area contributed by atoms with Crippen molar-refractivity contribution >= 4 is 29.2 Å². The lowest BCUT2D eigenvalue weighted by Gasteiger charge is -2.28. The predicted molar refractivity (Wildman–Crippen MR) is 126 cm³/mol. The van der Waals surface area contributed by atoms with E-state index in [4.69, 9.17) is 9.57 Å². The van der Waals surface area contributed by atoms with Gasteiger partial charge in [0.2, 0.25) is 5.91 Å². The number of anilines is 2. The molecule has 34 heavy (non-hydrogen) atoms. The number of hydrogen-bond donors (Lipinski definition) is 0. The topological polar surface area (TPSA) is 76.2 Å². The van der Waals surface area contributed by atoms with Crippen LogP contribution in [0.25, 0.3) is 0 Å². The number of aryl methyl sites for hydroxylation is 1. The van der Waals surface area contributed by atoms with Crippen molar-refractivity contribution in [3.63, 3.8) is 0 Å². The summed E-state index contributed by atoms with van der Waals surface area (Å²) in [6.07, 6.45) is -0.941. The number of carbonyl (C=O) groups excluding carboxylic acids is 3. The molecule has 0 radical (unpaired) electrons. The van der Waals surface area contributed by atoms with Gasteiger partial charge in [-0.3, -0.25) is 14.4 Å². The number of imide groups is 1. The van der Waals surface area contributed by atoms with Crippen molar-refractivity contribution in [2.24, 2.45) is 5.92 Å². The van der Waals surface area contributed by atoms with Gasteiger partial charge in [0.15, 0.2) is 6.10 Å². The first-order valence-electron chi connectivity index (χ1n) is 11.2. The third kappa shape index (κ3) is 3.64. The minimum absolute atomic E-state index is 0.267. The van der Waals surface area contributed by atoms with Crippen LogP contribution in [0.5, 0.6) is 0 Å². The van der Waals surface area contributed by atoms with E-state index in [2.05, 4.69) is 0 Å². The summed E-state index contributed by atoms with van der Waals surface area (Å²) in [5, 5.41) is 1.68. The number of rotatable bonds is 5. The Kier molecular flexibility index (Phi) is 5.63. The van der Waals surface area contributed by atoms with Crippen LogP contribution in [0.1, 0.15) is 34.5 Å². The fourth-order valence-corrected chi connectivity index (χ4v) is 4.53. The van der Waals surface area contributed by atoms with Crippen molar-refractivity contribution in [2.75, 3.05) is 16.6 Å². The van der Waals surface area contributed by atoms with E-state index in [1.807, 2.05) is 61.5 Å². The van der Waals surface area contributed by atoms with Gasteiger partial charge in [-0.05, 0) is 55.8 Å². The van der Waals surface area contributed by atoms with Crippen LogP contribution in [0.2, 0.25) is 0 Å². The lowest BCUT2D eigenvalue weighted by molar-refractivity contribution is -0.126. The number of esters is 1. The van der Waals surface area contributed by atoms with Gasteiger partial charge < -0.3 is 4.74 Å². The van der Waals surface area contributed by atoms with Crippen LogP contribution in [0.15, 0.2) is 78.9 Å². The summed E-state index contributed by atoms with van der Waals surface area (Å²) in [5.41, 5.74) is 3.52. The van der Waals surface area contributed by atoms with E-state index in [9.17, 15) is 14.4 Å². The number of hydrogen-bond acceptors (Lipinski definition) is 6. The van der Waals surface area contributed by atoms with Gasteiger partial charge in [-0.25, -0.2) is 14.8 Å². The van der Waals surface area contributed by atoms with Gasteiger partial charge in [0.1, 0.15) is 5.92 Å². The average molecular weight is 456 g/mol. The SMILES string of the molecule is CCOC(=O)c1ccc(N2C(=O)[C@H]3[C@@H](c4ccc(C)cc4)N(c4ccccc4)O[C@H]3C2=O)cc1. The number of carbonyl (C=O) groups is 3. The zero-order valence-corrected chi connectivity index (χ0v) is 18.9. The van der Waals surface area contributed by atoms with E-state index in [0.717, 1.165) is 21.7 Å². The first kappa shape index (κ1) is 21.9. The molecule has 2 aliphatic rings. The van der Waals surface area contributed by atoms with Crippen molar-refractivity contribution in [1.82, 2.24) is 0 Å². The van der Waals surface area contributed by atoms with Gasteiger partial charge >= 0.3 is 5.97 Å². The summed E-state index contributed by atoms with van der Waals surface area (Å²) < 4.78 is 5.01. The van der Waals surface area contributed by atoms with E-state index in [1.54, 1.807) is 36.3 Å². The molecule has 172 valence electrons. The summed E-state index contributed by atoms with van der Waals surface area (Å²) in [6.45, 7) is 4.00. The van der Waals surface area contributed by atoms with Gasteiger partial charge in [0.25, 0.3) is 5.91 Å². The molecule has 2 fully saturated rings. The van der Waals surface area contributed by atoms with E-state index < -0.39 is 29.9 Å². The molecule has 7 heteroatoms. The highest BCUT2D eigenvalue weighted by Gasteiger charge is 2.60. The van der Waals surface area contributed by atoms with Gasteiger partial charge in [-0.15, -0.1) is 0 Å². The Bertz CT molecular complexity index is 1220. The second-order valence-corrected chi connectivity index (χ2v) is 8.35. The van der Waals surface area contributed by atoms with Crippen LogP contribution in [0, 0.1) is 12.8 Å². The van der Waals surface area contributed by atoms with Crippen LogP contribution in [0.3, 0.4) is 0 Å². The van der Waals surface area contributed by atoms with Gasteiger partial charge in [0.05, 0.1) is 29.6 Å². The number of amides is 2. The van der Waals surface area contributed by atoms with Crippen molar-refractivity contribution in [3.05, 3.63) is 95.6 Å². The Morgan fingerprint density at radius 3 is 2.21 bits per heavy atom. The number of para-hydroxylation sites is 1. The van der Waals surface area contributed by atoms with Crippen LogP contribution < -0.4 is 9.96 Å². The summed E-state index contributed by atoms with van der Waals surface area (Å²) in [5.74, 6) is -1.91. The highest BCUT2D eigenvalue weighted by atomic mass is 16.7. The molecule has 3 aromatic rings.